The molecule has 4 aliphatic rings. The Labute approximate surface area is 119 Å². The Kier molecular flexibility index (Phi) is 4.48. The van der Waals surface area contributed by atoms with Crippen LogP contribution in [0.3, 0.4) is 0 Å². The summed E-state index contributed by atoms with van der Waals surface area (Å²) in [5.74, 6) is 5.44. The van der Waals surface area contributed by atoms with Crippen LogP contribution in [0.25, 0.3) is 0 Å². The molecular weight excluding hydrogens is 232 g/mol. The van der Waals surface area contributed by atoms with Crippen molar-refractivity contribution in [3.8, 4) is 0 Å². The number of rotatable bonds is 7. The van der Waals surface area contributed by atoms with Crippen molar-refractivity contribution in [3.05, 3.63) is 0 Å². The number of nitrogens with zero attached hydrogens (tertiary/aromatic N) is 1. The van der Waals surface area contributed by atoms with Crippen molar-refractivity contribution in [2.75, 3.05) is 33.2 Å². The summed E-state index contributed by atoms with van der Waals surface area (Å²) in [5, 5.41) is 3.53. The minimum Gasteiger partial charge on any atom is -0.315 e. The summed E-state index contributed by atoms with van der Waals surface area (Å²) in [6.07, 6.45) is 9.11. The van der Waals surface area contributed by atoms with Crippen molar-refractivity contribution in [2.45, 2.75) is 45.4 Å². The minimum absolute atomic E-state index is 1.03. The van der Waals surface area contributed by atoms with E-state index < -0.39 is 0 Å². The standard InChI is InChI=1S/C17H32N2/c1-3-4-18-5-6-19(2)12-17-15-8-13-7-14(10-15)11-16(17)9-13/h13-18H,3-12H2,1-2H3. The number of hydrogen-bond acceptors (Lipinski definition) is 2. The highest BCUT2D eigenvalue weighted by Crippen LogP contribution is 2.56. The first-order chi connectivity index (χ1) is 9.26. The van der Waals surface area contributed by atoms with Crippen LogP contribution in [0, 0.1) is 29.6 Å². The third-order valence-electron chi connectivity index (χ3n) is 6.04. The Balaban J connectivity index is 1.44. The monoisotopic (exact) mass is 264 g/mol. The quantitative estimate of drug-likeness (QED) is 0.711. The van der Waals surface area contributed by atoms with E-state index in [9.17, 15) is 0 Å². The van der Waals surface area contributed by atoms with E-state index in [2.05, 4.69) is 24.2 Å². The highest BCUT2D eigenvalue weighted by atomic mass is 15.1. The first-order valence-electron chi connectivity index (χ1n) is 8.65. The lowest BCUT2D eigenvalue weighted by Gasteiger charge is -2.55. The minimum atomic E-state index is 1.03. The number of hydrogen-bond donors (Lipinski definition) is 1. The maximum atomic E-state index is 3.53. The molecule has 0 atom stereocenters. The van der Waals surface area contributed by atoms with Gasteiger partial charge >= 0.3 is 0 Å². The molecule has 2 nitrogen and oxygen atoms in total. The molecule has 2 heteroatoms. The predicted molar refractivity (Wildman–Crippen MR) is 81.2 cm³/mol. The van der Waals surface area contributed by atoms with E-state index in [-0.39, 0.29) is 0 Å². The van der Waals surface area contributed by atoms with E-state index in [0.717, 1.165) is 36.1 Å². The van der Waals surface area contributed by atoms with Gasteiger partial charge in [0.1, 0.15) is 0 Å². The lowest BCUT2D eigenvalue weighted by Crippen LogP contribution is -2.49. The van der Waals surface area contributed by atoms with Gasteiger partial charge in [0.15, 0.2) is 0 Å². The normalized spacial score (nSPS) is 40.3. The molecule has 0 aromatic carbocycles. The zero-order valence-electron chi connectivity index (χ0n) is 12.9. The van der Waals surface area contributed by atoms with E-state index in [1.165, 1.54) is 26.1 Å². The zero-order valence-corrected chi connectivity index (χ0v) is 12.9. The van der Waals surface area contributed by atoms with Crippen LogP contribution in [-0.2, 0) is 0 Å². The summed E-state index contributed by atoms with van der Waals surface area (Å²) in [7, 11) is 2.33. The molecule has 4 bridgehead atoms. The summed E-state index contributed by atoms with van der Waals surface area (Å²) in [5.41, 5.74) is 0. The Morgan fingerprint density at radius 2 is 1.58 bits per heavy atom. The first kappa shape index (κ1) is 13.9. The van der Waals surface area contributed by atoms with Gasteiger partial charge in [-0.15, -0.1) is 0 Å². The molecule has 19 heavy (non-hydrogen) atoms. The topological polar surface area (TPSA) is 15.3 Å². The van der Waals surface area contributed by atoms with Gasteiger partial charge < -0.3 is 10.2 Å². The molecule has 0 radical (unpaired) electrons. The number of nitrogens with one attached hydrogen (secondary N) is 1. The van der Waals surface area contributed by atoms with Gasteiger partial charge in [-0.2, -0.15) is 0 Å². The maximum Gasteiger partial charge on any atom is 0.0104 e. The second kappa shape index (κ2) is 6.13. The molecule has 110 valence electrons. The van der Waals surface area contributed by atoms with Crippen molar-refractivity contribution < 1.29 is 0 Å². The van der Waals surface area contributed by atoms with Crippen molar-refractivity contribution >= 4 is 0 Å². The third kappa shape index (κ3) is 3.16. The van der Waals surface area contributed by atoms with Crippen LogP contribution < -0.4 is 5.32 Å². The van der Waals surface area contributed by atoms with Gasteiger partial charge in [-0.3, -0.25) is 0 Å². The molecule has 4 aliphatic carbocycles. The molecule has 0 aliphatic heterocycles. The van der Waals surface area contributed by atoms with Crippen molar-refractivity contribution in [1.82, 2.24) is 10.2 Å². The van der Waals surface area contributed by atoms with Crippen molar-refractivity contribution in [3.63, 3.8) is 0 Å². The van der Waals surface area contributed by atoms with Gasteiger partial charge in [0.25, 0.3) is 0 Å². The Bertz CT molecular complexity index is 261. The summed E-state index contributed by atoms with van der Waals surface area (Å²) < 4.78 is 0. The van der Waals surface area contributed by atoms with Gasteiger partial charge in [0.05, 0.1) is 0 Å². The zero-order chi connectivity index (χ0) is 13.2. The van der Waals surface area contributed by atoms with Gasteiger partial charge in [-0.1, -0.05) is 6.92 Å². The molecule has 0 aromatic heterocycles. The van der Waals surface area contributed by atoms with E-state index in [0.29, 0.717) is 0 Å². The van der Waals surface area contributed by atoms with E-state index in [1.807, 2.05) is 0 Å². The fourth-order valence-electron chi connectivity index (χ4n) is 5.36. The lowest BCUT2D eigenvalue weighted by molar-refractivity contribution is -0.0465. The first-order valence-corrected chi connectivity index (χ1v) is 8.65. The highest BCUT2D eigenvalue weighted by Gasteiger charge is 2.47. The molecular formula is C17H32N2. The van der Waals surface area contributed by atoms with Crippen LogP contribution in [0.1, 0.15) is 45.4 Å². The fourth-order valence-corrected chi connectivity index (χ4v) is 5.36. The maximum absolute atomic E-state index is 3.53. The highest BCUT2D eigenvalue weighted by molar-refractivity contribution is 4.98. The Hall–Kier alpha value is -0.0800. The fraction of sp³-hybridized carbons (Fsp3) is 1.00. The molecule has 1 N–H and O–H groups in total. The van der Waals surface area contributed by atoms with Gasteiger partial charge in [0.2, 0.25) is 0 Å². The van der Waals surface area contributed by atoms with Crippen LogP contribution in [0.4, 0.5) is 0 Å². The van der Waals surface area contributed by atoms with E-state index in [4.69, 9.17) is 0 Å². The van der Waals surface area contributed by atoms with Crippen LogP contribution in [0.2, 0.25) is 0 Å². The summed E-state index contributed by atoms with van der Waals surface area (Å²) in [6, 6.07) is 0. The van der Waals surface area contributed by atoms with Gasteiger partial charge in [-0.25, -0.2) is 0 Å². The van der Waals surface area contributed by atoms with Crippen LogP contribution in [0.5, 0.6) is 0 Å². The van der Waals surface area contributed by atoms with E-state index >= 15 is 0 Å². The SMILES string of the molecule is CCCNCCN(C)CC1C2CC3CC(C2)CC1C3. The molecule has 0 aromatic rings. The molecule has 0 heterocycles. The molecule has 0 amide bonds. The van der Waals surface area contributed by atoms with E-state index in [1.54, 1.807) is 32.1 Å². The van der Waals surface area contributed by atoms with Crippen LogP contribution >= 0.6 is 0 Å². The lowest BCUT2D eigenvalue weighted by atomic mass is 9.52. The van der Waals surface area contributed by atoms with Crippen molar-refractivity contribution in [2.24, 2.45) is 29.6 Å². The molecule has 4 rings (SSSR count). The molecule has 4 fully saturated rings. The average molecular weight is 264 g/mol. The largest absolute Gasteiger partial charge is 0.315 e. The second-order valence-electron chi connectivity index (χ2n) is 7.61. The average Bonchev–Trinajstić information content (AvgIpc) is 2.38. The van der Waals surface area contributed by atoms with Crippen LogP contribution in [-0.4, -0.2) is 38.1 Å². The summed E-state index contributed by atoms with van der Waals surface area (Å²) in [4.78, 5) is 2.59. The van der Waals surface area contributed by atoms with Crippen molar-refractivity contribution in [1.29, 1.82) is 0 Å². The predicted octanol–water partition coefficient (Wildman–Crippen LogP) is 2.99. The summed E-state index contributed by atoms with van der Waals surface area (Å²) >= 11 is 0. The third-order valence-corrected chi connectivity index (χ3v) is 6.04. The molecule has 0 spiro atoms. The molecule has 0 saturated heterocycles. The number of likely N-dealkylation sites (N-methyl/N-ethyl adjacent to an activating group) is 1. The van der Waals surface area contributed by atoms with Gasteiger partial charge in [0, 0.05) is 19.6 Å². The van der Waals surface area contributed by atoms with Crippen LogP contribution in [0.15, 0.2) is 0 Å². The second-order valence-corrected chi connectivity index (χ2v) is 7.61. The molecule has 4 saturated carbocycles. The smallest absolute Gasteiger partial charge is 0.0104 e. The summed E-state index contributed by atoms with van der Waals surface area (Å²) in [6.45, 7) is 7.17. The van der Waals surface area contributed by atoms with Gasteiger partial charge in [-0.05, 0) is 81.7 Å². The molecule has 0 unspecified atom stereocenters. The Morgan fingerprint density at radius 1 is 0.947 bits per heavy atom. The Morgan fingerprint density at radius 3 is 2.16 bits per heavy atom.